The number of nitrogens with zero attached hydrogens (tertiary/aromatic N) is 9. The molecule has 3 amide bonds. The zero-order chi connectivity index (χ0) is 45.9. The Morgan fingerprint density at radius 1 is 0.939 bits per heavy atom. The maximum Gasteiger partial charge on any atom is 0.266 e. The van der Waals surface area contributed by atoms with Crippen LogP contribution in [0.25, 0.3) is 16.6 Å². The molecule has 0 aliphatic carbocycles. The van der Waals surface area contributed by atoms with Gasteiger partial charge in [0.1, 0.15) is 35.6 Å². The van der Waals surface area contributed by atoms with Gasteiger partial charge < -0.3 is 29.3 Å². The number of carbonyl (C=O) groups excluding carboxylic acids is 3. The predicted octanol–water partition coefficient (Wildman–Crippen LogP) is 4.17. The molecule has 66 heavy (non-hydrogen) atoms. The van der Waals surface area contributed by atoms with Gasteiger partial charge in [0.25, 0.3) is 5.56 Å². The van der Waals surface area contributed by atoms with Crippen LogP contribution in [0.15, 0.2) is 72.0 Å². The molecular weight excluding hydrogens is 875 g/mol. The van der Waals surface area contributed by atoms with Crippen LogP contribution in [0.4, 0.5) is 26.1 Å². The molecule has 4 fully saturated rings. The van der Waals surface area contributed by atoms with Crippen molar-refractivity contribution in [3.8, 4) is 23.3 Å². The monoisotopic (exact) mass is 920 g/mol. The van der Waals surface area contributed by atoms with E-state index >= 15 is 8.78 Å². The number of nitrogens with one attached hydrogen (secondary N) is 3. The number of carbonyl (C=O) groups is 3. The Kier molecular flexibility index (Phi) is 13.1. The minimum absolute atomic E-state index is 0.00804. The van der Waals surface area contributed by atoms with E-state index in [2.05, 4.69) is 35.2 Å². The molecule has 0 radical (unpaired) electrons. The number of fused-ring (bicyclic) bond motifs is 1. The van der Waals surface area contributed by atoms with Crippen molar-refractivity contribution in [2.75, 3.05) is 81.0 Å². The van der Waals surface area contributed by atoms with Gasteiger partial charge in [-0.3, -0.25) is 34.0 Å². The summed E-state index contributed by atoms with van der Waals surface area (Å²) < 4.78 is 48.0. The first-order valence-electron chi connectivity index (χ1n) is 21.6. The predicted molar refractivity (Wildman–Crippen MR) is 241 cm³/mol. The van der Waals surface area contributed by atoms with Gasteiger partial charge in [-0.2, -0.15) is 5.26 Å². The van der Waals surface area contributed by atoms with Crippen molar-refractivity contribution >= 4 is 58.1 Å². The Bertz CT molecular complexity index is 2750. The van der Waals surface area contributed by atoms with E-state index in [9.17, 15) is 24.4 Å². The number of halogens is 2. The van der Waals surface area contributed by atoms with E-state index in [4.69, 9.17) is 9.47 Å². The molecule has 1 unspecified atom stereocenters. The maximum atomic E-state index is 15.3. The minimum Gasteiger partial charge on any atom is -0.453 e. The van der Waals surface area contributed by atoms with Gasteiger partial charge in [-0.05, 0) is 86.3 Å². The summed E-state index contributed by atoms with van der Waals surface area (Å²) in [5, 5.41) is 15.5. The molecular formula is C45H46F2N12O6S. The Hall–Kier alpha value is -6.73. The Labute approximate surface area is 382 Å². The fourth-order valence-electron chi connectivity index (χ4n) is 8.49. The van der Waals surface area contributed by atoms with Crippen LogP contribution in [0.1, 0.15) is 42.7 Å². The average Bonchev–Trinajstić information content (AvgIpc) is 3.31. The first-order valence-corrected chi connectivity index (χ1v) is 22.4. The number of piperidine rings is 2. The molecule has 0 saturated carbocycles. The number of likely N-dealkylation sites (tertiary alicyclic amines) is 1. The van der Waals surface area contributed by atoms with Crippen LogP contribution in [0.3, 0.4) is 0 Å². The van der Waals surface area contributed by atoms with Gasteiger partial charge in [-0.25, -0.2) is 28.0 Å². The number of nitriles is 1. The van der Waals surface area contributed by atoms with E-state index in [1.54, 1.807) is 31.4 Å². The number of benzene rings is 3. The fourth-order valence-corrected chi connectivity index (χ4v) is 9.37. The standard InChI is InChI=1S/C45H46F2N12O6S/c1-64-31-23-58(24-31)66-54-38-7-5-35(46)42(34(38)20-48)65-30-3-6-37-33(19-30)44(63)59(26-51-37)29-21-49-45(50-22-29)57-16-14-56(15-17-57)41(61)25-55-12-10-27(11-13-55)32-4-2-28(18-36(32)47)52-39-8-9-40(60)53-43(39)62/h2-7,18-19,21-22,26-27,31,39,52,54H,8-17,23-25H2,1H3,(H,53,60,62). The molecule has 9 rings (SSSR count). The number of imide groups is 1. The van der Waals surface area contributed by atoms with Gasteiger partial charge in [0.2, 0.25) is 23.7 Å². The lowest BCUT2D eigenvalue weighted by Crippen LogP contribution is -2.52. The van der Waals surface area contributed by atoms with E-state index in [0.717, 1.165) is 0 Å². The molecule has 1 atom stereocenters. The number of amides is 3. The van der Waals surface area contributed by atoms with Gasteiger partial charge in [-0.15, -0.1) is 0 Å². The third-order valence-corrected chi connectivity index (χ3v) is 13.3. The summed E-state index contributed by atoms with van der Waals surface area (Å²) >= 11 is 1.28. The molecule has 6 heterocycles. The number of ether oxygens (including phenoxy) is 2. The summed E-state index contributed by atoms with van der Waals surface area (Å²) in [6.07, 6.45) is 6.56. The van der Waals surface area contributed by atoms with Gasteiger partial charge in [0.15, 0.2) is 11.6 Å². The largest absolute Gasteiger partial charge is 0.453 e. The highest BCUT2D eigenvalue weighted by molar-refractivity contribution is 7.98. The van der Waals surface area contributed by atoms with Crippen molar-refractivity contribution in [1.29, 1.82) is 5.26 Å². The van der Waals surface area contributed by atoms with Crippen molar-refractivity contribution < 1.29 is 32.6 Å². The lowest BCUT2D eigenvalue weighted by Gasteiger charge is -2.37. The molecule has 2 aromatic heterocycles. The van der Waals surface area contributed by atoms with Crippen LogP contribution in [-0.4, -0.2) is 130 Å². The lowest BCUT2D eigenvalue weighted by atomic mass is 9.89. The second-order valence-corrected chi connectivity index (χ2v) is 17.5. The van der Waals surface area contributed by atoms with Crippen molar-refractivity contribution in [1.82, 2.24) is 38.9 Å². The summed E-state index contributed by atoms with van der Waals surface area (Å²) in [5.41, 5.74) is 1.76. The Morgan fingerprint density at radius 2 is 1.71 bits per heavy atom. The lowest BCUT2D eigenvalue weighted by molar-refractivity contribution is -0.134. The second-order valence-electron chi connectivity index (χ2n) is 16.6. The third-order valence-electron chi connectivity index (χ3n) is 12.4. The van der Waals surface area contributed by atoms with Crippen molar-refractivity contribution in [2.24, 2.45) is 0 Å². The zero-order valence-electron chi connectivity index (χ0n) is 35.9. The van der Waals surface area contributed by atoms with Crippen LogP contribution >= 0.6 is 12.1 Å². The number of piperazine rings is 1. The molecule has 4 aliphatic rings. The molecule has 5 aromatic rings. The van der Waals surface area contributed by atoms with Crippen molar-refractivity contribution in [2.45, 2.75) is 43.7 Å². The van der Waals surface area contributed by atoms with Gasteiger partial charge >= 0.3 is 0 Å². The molecule has 3 N–H and O–H groups in total. The summed E-state index contributed by atoms with van der Waals surface area (Å²) in [5.74, 6) is -1.46. The van der Waals surface area contributed by atoms with Crippen LogP contribution < -0.4 is 30.6 Å². The highest BCUT2D eigenvalue weighted by Gasteiger charge is 2.31. The number of aromatic nitrogens is 4. The minimum atomic E-state index is -0.740. The van der Waals surface area contributed by atoms with Crippen LogP contribution in [0.2, 0.25) is 0 Å². The summed E-state index contributed by atoms with van der Waals surface area (Å²) in [4.78, 5) is 70.1. The summed E-state index contributed by atoms with van der Waals surface area (Å²) in [6.45, 7) is 4.98. The SMILES string of the molecule is COC1CN(SNc2ccc(F)c(Oc3ccc4ncn(-c5cnc(N6CCN(C(=O)CN7CCC(c8ccc(NC9CCC(=O)NC9=O)cc8F)CC7)CC6)nc5)c(=O)c4c3)c2C#N)C1. The van der Waals surface area contributed by atoms with Gasteiger partial charge in [0, 0.05) is 70.6 Å². The van der Waals surface area contributed by atoms with Crippen molar-refractivity contribution in [3.63, 3.8) is 0 Å². The van der Waals surface area contributed by atoms with E-state index in [0.29, 0.717) is 106 Å². The molecule has 18 nitrogen and oxygen atoms in total. The summed E-state index contributed by atoms with van der Waals surface area (Å²) in [6, 6.07) is 13.6. The number of rotatable bonds is 13. The number of hydrogen-bond donors (Lipinski definition) is 3. The normalized spacial score (nSPS) is 18.7. The smallest absolute Gasteiger partial charge is 0.266 e. The molecule has 21 heteroatoms. The molecule has 342 valence electrons. The Morgan fingerprint density at radius 3 is 2.42 bits per heavy atom. The molecule has 4 aliphatic heterocycles. The van der Waals surface area contributed by atoms with E-state index in [-0.39, 0.29) is 65.1 Å². The average molecular weight is 921 g/mol. The topological polar surface area (TPSA) is 203 Å². The van der Waals surface area contributed by atoms with Crippen molar-refractivity contribution in [3.05, 3.63) is 100 Å². The van der Waals surface area contributed by atoms with Crippen LogP contribution in [0.5, 0.6) is 11.5 Å². The second kappa shape index (κ2) is 19.4. The number of methoxy groups -OCH3 is 1. The first-order chi connectivity index (χ1) is 32.0. The quantitative estimate of drug-likeness (QED) is 0.112. The Balaban J connectivity index is 0.766. The van der Waals surface area contributed by atoms with Gasteiger partial charge in [-0.1, -0.05) is 6.07 Å². The first kappa shape index (κ1) is 44.5. The van der Waals surface area contributed by atoms with Crippen LogP contribution in [-0.2, 0) is 19.1 Å². The van der Waals surface area contributed by atoms with Crippen LogP contribution in [0, 0.1) is 23.0 Å². The van der Waals surface area contributed by atoms with E-state index < -0.39 is 23.3 Å². The van der Waals surface area contributed by atoms with E-state index in [1.165, 1.54) is 59.7 Å². The summed E-state index contributed by atoms with van der Waals surface area (Å²) in [7, 11) is 1.65. The van der Waals surface area contributed by atoms with Gasteiger partial charge in [0.05, 0.1) is 47.3 Å². The maximum absolute atomic E-state index is 15.3. The molecule has 0 spiro atoms. The third kappa shape index (κ3) is 9.62. The number of anilines is 3. The number of hydrogen-bond acceptors (Lipinski definition) is 16. The fraction of sp³-hybridized carbons (Fsp3) is 0.378. The van der Waals surface area contributed by atoms with E-state index in [1.807, 2.05) is 20.2 Å². The molecule has 3 aromatic carbocycles. The molecule has 4 saturated heterocycles. The molecule has 0 bridgehead atoms. The highest BCUT2D eigenvalue weighted by Crippen LogP contribution is 2.36. The highest BCUT2D eigenvalue weighted by atomic mass is 32.2. The zero-order valence-corrected chi connectivity index (χ0v) is 36.7.